The molecule has 0 spiro atoms. The van der Waals surface area contributed by atoms with Crippen molar-refractivity contribution in [2.45, 2.75) is 39.7 Å². The number of hydrogen-bond donors (Lipinski definition) is 3. The zero-order chi connectivity index (χ0) is 17.4. The third-order valence-corrected chi connectivity index (χ3v) is 3.86. The standard InChI is InChI=1S/C18H22N2O3/c1-10-14(17(22)23)7-11(9-19)16(20-10)13-6-5-12(8-15(13)21)18(2,3)4/h5-8,21H,9,19H2,1-4H3,(H,22,23). The Balaban J connectivity index is 2.63. The molecule has 0 bridgehead atoms. The minimum absolute atomic E-state index is 0.0801. The van der Waals surface area contributed by atoms with Crippen LogP contribution in [0.4, 0.5) is 0 Å². The summed E-state index contributed by atoms with van der Waals surface area (Å²) in [7, 11) is 0. The van der Waals surface area contributed by atoms with Crippen molar-refractivity contribution in [3.05, 3.63) is 46.6 Å². The molecule has 0 aliphatic heterocycles. The lowest BCUT2D eigenvalue weighted by atomic mass is 9.86. The molecule has 0 atom stereocenters. The fraction of sp³-hybridized carbons (Fsp3) is 0.333. The van der Waals surface area contributed by atoms with Gasteiger partial charge in [0.1, 0.15) is 5.75 Å². The molecule has 0 amide bonds. The smallest absolute Gasteiger partial charge is 0.337 e. The van der Waals surface area contributed by atoms with Crippen molar-refractivity contribution >= 4 is 5.97 Å². The number of carboxylic acid groups (broad SMARTS) is 1. The first kappa shape index (κ1) is 17.0. The summed E-state index contributed by atoms with van der Waals surface area (Å²) >= 11 is 0. The van der Waals surface area contributed by atoms with E-state index in [1.54, 1.807) is 19.1 Å². The van der Waals surface area contributed by atoms with Crippen LogP contribution < -0.4 is 5.73 Å². The number of aryl methyl sites for hydroxylation is 1. The first-order valence-electron chi connectivity index (χ1n) is 7.43. The van der Waals surface area contributed by atoms with Crippen LogP contribution in [0, 0.1) is 6.92 Å². The maximum Gasteiger partial charge on any atom is 0.337 e. The summed E-state index contributed by atoms with van der Waals surface area (Å²) in [5.74, 6) is -0.925. The minimum Gasteiger partial charge on any atom is -0.507 e. The van der Waals surface area contributed by atoms with E-state index in [2.05, 4.69) is 25.8 Å². The molecule has 122 valence electrons. The monoisotopic (exact) mass is 314 g/mol. The van der Waals surface area contributed by atoms with E-state index < -0.39 is 5.97 Å². The predicted molar refractivity (Wildman–Crippen MR) is 89.6 cm³/mol. The van der Waals surface area contributed by atoms with Gasteiger partial charge in [-0.2, -0.15) is 0 Å². The van der Waals surface area contributed by atoms with E-state index in [-0.39, 0.29) is 23.3 Å². The lowest BCUT2D eigenvalue weighted by Gasteiger charge is -2.20. The van der Waals surface area contributed by atoms with E-state index in [9.17, 15) is 15.0 Å². The molecule has 23 heavy (non-hydrogen) atoms. The van der Waals surface area contributed by atoms with Crippen LogP contribution in [0.2, 0.25) is 0 Å². The largest absolute Gasteiger partial charge is 0.507 e. The maximum absolute atomic E-state index is 11.2. The molecule has 0 unspecified atom stereocenters. The Morgan fingerprint density at radius 1 is 1.26 bits per heavy atom. The van der Waals surface area contributed by atoms with Crippen molar-refractivity contribution in [2.75, 3.05) is 0 Å². The summed E-state index contributed by atoms with van der Waals surface area (Å²) < 4.78 is 0. The van der Waals surface area contributed by atoms with Crippen molar-refractivity contribution in [1.29, 1.82) is 0 Å². The number of aromatic carboxylic acids is 1. The van der Waals surface area contributed by atoms with Crippen LogP contribution in [-0.4, -0.2) is 21.2 Å². The van der Waals surface area contributed by atoms with Gasteiger partial charge in [0.15, 0.2) is 0 Å². The quantitative estimate of drug-likeness (QED) is 0.808. The van der Waals surface area contributed by atoms with Crippen LogP contribution in [0.15, 0.2) is 24.3 Å². The number of nitrogens with zero attached hydrogens (tertiary/aromatic N) is 1. The van der Waals surface area contributed by atoms with E-state index >= 15 is 0 Å². The van der Waals surface area contributed by atoms with Gasteiger partial charge in [-0.3, -0.25) is 4.98 Å². The number of aromatic hydroxyl groups is 1. The van der Waals surface area contributed by atoms with Gasteiger partial charge in [-0.1, -0.05) is 26.8 Å². The number of phenols is 1. The molecule has 2 aromatic rings. The zero-order valence-electron chi connectivity index (χ0n) is 13.8. The van der Waals surface area contributed by atoms with Gasteiger partial charge < -0.3 is 15.9 Å². The number of rotatable bonds is 3. The van der Waals surface area contributed by atoms with E-state index in [4.69, 9.17) is 5.73 Å². The highest BCUT2D eigenvalue weighted by Crippen LogP contribution is 2.35. The van der Waals surface area contributed by atoms with Crippen LogP contribution >= 0.6 is 0 Å². The van der Waals surface area contributed by atoms with E-state index in [0.717, 1.165) is 5.56 Å². The lowest BCUT2D eigenvalue weighted by molar-refractivity contribution is 0.0695. The van der Waals surface area contributed by atoms with Gasteiger partial charge in [0.2, 0.25) is 0 Å². The van der Waals surface area contributed by atoms with E-state index in [0.29, 0.717) is 22.5 Å². The topological polar surface area (TPSA) is 96.4 Å². The van der Waals surface area contributed by atoms with Crippen molar-refractivity contribution in [2.24, 2.45) is 5.73 Å². The summed E-state index contributed by atoms with van der Waals surface area (Å²) in [6, 6.07) is 6.99. The van der Waals surface area contributed by atoms with Gasteiger partial charge in [0.05, 0.1) is 17.0 Å². The van der Waals surface area contributed by atoms with Gasteiger partial charge in [-0.15, -0.1) is 0 Å². The lowest BCUT2D eigenvalue weighted by Crippen LogP contribution is -2.11. The zero-order valence-corrected chi connectivity index (χ0v) is 13.8. The summed E-state index contributed by atoms with van der Waals surface area (Å²) in [5.41, 5.74) is 8.85. The molecule has 0 aliphatic carbocycles. The molecule has 1 aromatic carbocycles. The van der Waals surface area contributed by atoms with Crippen molar-refractivity contribution < 1.29 is 15.0 Å². The second-order valence-electron chi connectivity index (χ2n) is 6.62. The van der Waals surface area contributed by atoms with Crippen LogP contribution in [0.25, 0.3) is 11.3 Å². The normalized spacial score (nSPS) is 11.5. The number of carboxylic acids is 1. The van der Waals surface area contributed by atoms with Crippen LogP contribution in [0.1, 0.15) is 48.0 Å². The molecule has 2 rings (SSSR count). The molecule has 0 saturated carbocycles. The number of nitrogens with two attached hydrogens (primary N) is 1. The van der Waals surface area contributed by atoms with Gasteiger partial charge in [0, 0.05) is 12.1 Å². The number of benzene rings is 1. The maximum atomic E-state index is 11.2. The molecule has 0 fully saturated rings. The number of phenolic OH excluding ortho intramolecular Hbond substituents is 1. The van der Waals surface area contributed by atoms with Crippen LogP contribution in [0.3, 0.4) is 0 Å². The summed E-state index contributed by atoms with van der Waals surface area (Å²) in [6.45, 7) is 7.97. The predicted octanol–water partition coefficient (Wildman–Crippen LogP) is 3.22. The molecule has 1 aromatic heterocycles. The number of hydrogen-bond acceptors (Lipinski definition) is 4. The van der Waals surface area contributed by atoms with E-state index in [1.807, 2.05) is 6.07 Å². The number of aromatic nitrogens is 1. The fourth-order valence-electron chi connectivity index (χ4n) is 2.45. The SMILES string of the molecule is Cc1nc(-c2ccc(C(C)(C)C)cc2O)c(CN)cc1C(=O)O. The van der Waals surface area contributed by atoms with Gasteiger partial charge in [0.25, 0.3) is 0 Å². The molecule has 0 radical (unpaired) electrons. The van der Waals surface area contributed by atoms with Crippen LogP contribution in [-0.2, 0) is 12.0 Å². The first-order valence-corrected chi connectivity index (χ1v) is 7.43. The number of carbonyl (C=O) groups is 1. The number of pyridine rings is 1. The summed E-state index contributed by atoms with van der Waals surface area (Å²) in [6.07, 6.45) is 0. The van der Waals surface area contributed by atoms with Gasteiger partial charge >= 0.3 is 5.97 Å². The van der Waals surface area contributed by atoms with E-state index in [1.165, 1.54) is 6.07 Å². The third-order valence-electron chi connectivity index (χ3n) is 3.86. The molecule has 0 aliphatic rings. The Morgan fingerprint density at radius 3 is 2.39 bits per heavy atom. The molecule has 5 nitrogen and oxygen atoms in total. The Morgan fingerprint density at radius 2 is 1.91 bits per heavy atom. The molecule has 0 saturated heterocycles. The fourth-order valence-corrected chi connectivity index (χ4v) is 2.45. The highest BCUT2D eigenvalue weighted by molar-refractivity contribution is 5.90. The van der Waals surface area contributed by atoms with Gasteiger partial charge in [-0.25, -0.2) is 4.79 Å². The molecular formula is C18H22N2O3. The van der Waals surface area contributed by atoms with Crippen molar-refractivity contribution in [3.8, 4) is 17.0 Å². The second kappa shape index (κ2) is 6.01. The minimum atomic E-state index is -1.04. The summed E-state index contributed by atoms with van der Waals surface area (Å²) in [5, 5.41) is 19.6. The van der Waals surface area contributed by atoms with Crippen LogP contribution in [0.5, 0.6) is 5.75 Å². The Hall–Kier alpha value is -2.40. The Bertz CT molecular complexity index is 762. The Labute approximate surface area is 135 Å². The molecule has 4 N–H and O–H groups in total. The van der Waals surface area contributed by atoms with Gasteiger partial charge in [-0.05, 0) is 41.7 Å². The first-order chi connectivity index (χ1) is 10.6. The molecule has 5 heteroatoms. The second-order valence-corrected chi connectivity index (χ2v) is 6.62. The summed E-state index contributed by atoms with van der Waals surface area (Å²) in [4.78, 5) is 15.6. The highest BCUT2D eigenvalue weighted by atomic mass is 16.4. The van der Waals surface area contributed by atoms with Crippen molar-refractivity contribution in [3.63, 3.8) is 0 Å². The van der Waals surface area contributed by atoms with Crippen molar-refractivity contribution in [1.82, 2.24) is 4.98 Å². The Kier molecular flexibility index (Phi) is 4.43. The average molecular weight is 314 g/mol. The average Bonchev–Trinajstić information content (AvgIpc) is 2.45. The molecule has 1 heterocycles. The molecular weight excluding hydrogens is 292 g/mol. The highest BCUT2D eigenvalue weighted by Gasteiger charge is 2.19. The third kappa shape index (κ3) is 3.35.